The molecule has 3 rings (SSSR count). The third kappa shape index (κ3) is 2.96. The Balaban J connectivity index is 2.13. The molecule has 0 aliphatic heterocycles. The number of benzene rings is 1. The summed E-state index contributed by atoms with van der Waals surface area (Å²) in [6, 6.07) is 8.90. The van der Waals surface area contributed by atoms with Crippen LogP contribution in [0.4, 0.5) is 5.69 Å². The number of aromatic nitrogens is 3. The van der Waals surface area contributed by atoms with Crippen molar-refractivity contribution in [1.82, 2.24) is 14.5 Å². The molecule has 7 nitrogen and oxygen atoms in total. The van der Waals surface area contributed by atoms with Crippen molar-refractivity contribution in [1.29, 1.82) is 0 Å². The van der Waals surface area contributed by atoms with Gasteiger partial charge in [-0.05, 0) is 38.5 Å². The summed E-state index contributed by atoms with van der Waals surface area (Å²) in [6.07, 6.45) is 0. The molecule has 0 spiro atoms. The van der Waals surface area contributed by atoms with Crippen molar-refractivity contribution in [3.8, 4) is 0 Å². The number of hydrogen-bond acceptors (Lipinski definition) is 4. The van der Waals surface area contributed by atoms with E-state index in [1.807, 2.05) is 25.1 Å². The summed E-state index contributed by atoms with van der Waals surface area (Å²) in [5.41, 5.74) is 1.58. The molecule has 2 N–H and O–H groups in total. The van der Waals surface area contributed by atoms with E-state index in [9.17, 15) is 14.4 Å². The van der Waals surface area contributed by atoms with Crippen LogP contribution >= 0.6 is 0 Å². The monoisotopic (exact) mass is 338 g/mol. The summed E-state index contributed by atoms with van der Waals surface area (Å²) in [7, 11) is 0. The number of carbonyl (C=O) groups excluding carboxylic acids is 1. The van der Waals surface area contributed by atoms with Gasteiger partial charge in [0.25, 0.3) is 11.5 Å². The van der Waals surface area contributed by atoms with Crippen LogP contribution in [-0.4, -0.2) is 20.4 Å². The Kier molecular flexibility index (Phi) is 4.22. The Morgan fingerprint density at radius 2 is 1.96 bits per heavy atom. The van der Waals surface area contributed by atoms with Gasteiger partial charge in [0.1, 0.15) is 5.65 Å². The Hall–Kier alpha value is -3.22. The Bertz CT molecular complexity index is 1100. The first-order chi connectivity index (χ1) is 11.9. The van der Waals surface area contributed by atoms with Crippen molar-refractivity contribution in [3.63, 3.8) is 0 Å². The molecule has 1 aromatic carbocycles. The molecule has 0 fully saturated rings. The van der Waals surface area contributed by atoms with E-state index in [-0.39, 0.29) is 16.9 Å². The maximum absolute atomic E-state index is 12.6. The fourth-order valence-corrected chi connectivity index (χ4v) is 2.72. The largest absolute Gasteiger partial charge is 0.329 e. The van der Waals surface area contributed by atoms with Crippen LogP contribution in [-0.2, 0) is 6.54 Å². The van der Waals surface area contributed by atoms with E-state index in [1.165, 1.54) is 10.6 Å². The molecule has 0 aliphatic carbocycles. The number of aromatic amines is 1. The number of para-hydroxylation sites is 1. The van der Waals surface area contributed by atoms with E-state index < -0.39 is 11.2 Å². The molecule has 2 aromatic heterocycles. The number of aryl methyl sites for hydroxylation is 3. The van der Waals surface area contributed by atoms with Gasteiger partial charge in [0.15, 0.2) is 0 Å². The lowest BCUT2D eigenvalue weighted by molar-refractivity contribution is 0.102. The van der Waals surface area contributed by atoms with Crippen molar-refractivity contribution in [2.75, 3.05) is 5.32 Å². The minimum atomic E-state index is -0.554. The Morgan fingerprint density at radius 1 is 1.24 bits per heavy atom. The fraction of sp³-hybridized carbons (Fsp3) is 0.222. The number of amides is 1. The number of rotatable bonds is 3. The molecule has 7 heteroatoms. The molecule has 3 aromatic rings. The van der Waals surface area contributed by atoms with E-state index >= 15 is 0 Å². The van der Waals surface area contributed by atoms with Crippen molar-refractivity contribution in [2.45, 2.75) is 27.3 Å². The molecular formula is C18H18N4O3. The lowest BCUT2D eigenvalue weighted by Crippen LogP contribution is -2.31. The third-order valence-electron chi connectivity index (χ3n) is 4.11. The predicted molar refractivity (Wildman–Crippen MR) is 96.2 cm³/mol. The van der Waals surface area contributed by atoms with Crippen molar-refractivity contribution in [2.24, 2.45) is 0 Å². The molecular weight excluding hydrogens is 320 g/mol. The first-order valence-electron chi connectivity index (χ1n) is 7.93. The van der Waals surface area contributed by atoms with Gasteiger partial charge >= 0.3 is 5.69 Å². The van der Waals surface area contributed by atoms with E-state index in [4.69, 9.17) is 0 Å². The number of hydrogen-bond donors (Lipinski definition) is 2. The van der Waals surface area contributed by atoms with Crippen LogP contribution in [0.2, 0.25) is 0 Å². The molecule has 1 amide bonds. The first kappa shape index (κ1) is 16.6. The zero-order valence-corrected chi connectivity index (χ0v) is 14.2. The molecule has 0 atom stereocenters. The summed E-state index contributed by atoms with van der Waals surface area (Å²) in [4.78, 5) is 43.2. The molecule has 0 saturated heterocycles. The van der Waals surface area contributed by atoms with Crippen LogP contribution in [0.25, 0.3) is 11.0 Å². The fourth-order valence-electron chi connectivity index (χ4n) is 2.72. The molecule has 0 aliphatic rings. The second-order valence-corrected chi connectivity index (χ2v) is 5.77. The van der Waals surface area contributed by atoms with Crippen LogP contribution in [0.3, 0.4) is 0 Å². The summed E-state index contributed by atoms with van der Waals surface area (Å²) < 4.78 is 1.37. The number of H-pyrrole nitrogens is 1. The van der Waals surface area contributed by atoms with Crippen LogP contribution in [0.1, 0.15) is 28.5 Å². The topological polar surface area (TPSA) is 96.9 Å². The number of nitrogens with zero attached hydrogens (tertiary/aromatic N) is 2. The van der Waals surface area contributed by atoms with Crippen molar-refractivity contribution >= 4 is 22.6 Å². The number of nitrogens with one attached hydrogen (secondary N) is 2. The summed E-state index contributed by atoms with van der Waals surface area (Å²) in [5.74, 6) is -0.352. The average molecular weight is 338 g/mol. The Morgan fingerprint density at radius 3 is 2.64 bits per heavy atom. The number of pyridine rings is 1. The average Bonchev–Trinajstić information content (AvgIpc) is 2.56. The molecule has 0 saturated carbocycles. The molecule has 0 bridgehead atoms. The van der Waals surface area contributed by atoms with E-state index in [1.54, 1.807) is 19.9 Å². The maximum atomic E-state index is 12.6. The lowest BCUT2D eigenvalue weighted by Gasteiger charge is -2.12. The smallest absolute Gasteiger partial charge is 0.322 e. The maximum Gasteiger partial charge on any atom is 0.329 e. The van der Waals surface area contributed by atoms with Crippen molar-refractivity contribution < 1.29 is 4.79 Å². The van der Waals surface area contributed by atoms with Crippen LogP contribution in [0.5, 0.6) is 0 Å². The summed E-state index contributed by atoms with van der Waals surface area (Å²) in [5, 5.41) is 3.04. The van der Waals surface area contributed by atoms with Gasteiger partial charge in [-0.15, -0.1) is 0 Å². The highest BCUT2D eigenvalue weighted by Crippen LogP contribution is 2.17. The molecule has 128 valence electrons. The molecule has 25 heavy (non-hydrogen) atoms. The SMILES string of the molecule is CCn1c(=O)[nH]c(=O)c2cc(C(=O)Nc3ccccc3C)c(C)nc21. The van der Waals surface area contributed by atoms with Gasteiger partial charge in [-0.2, -0.15) is 0 Å². The lowest BCUT2D eigenvalue weighted by atomic mass is 10.1. The second-order valence-electron chi connectivity index (χ2n) is 5.77. The van der Waals surface area contributed by atoms with Crippen LogP contribution < -0.4 is 16.6 Å². The highest BCUT2D eigenvalue weighted by molar-refractivity contribution is 6.06. The van der Waals surface area contributed by atoms with E-state index in [0.29, 0.717) is 23.5 Å². The normalized spacial score (nSPS) is 10.8. The molecule has 0 unspecified atom stereocenters. The van der Waals surface area contributed by atoms with Gasteiger partial charge in [-0.3, -0.25) is 19.1 Å². The van der Waals surface area contributed by atoms with Gasteiger partial charge in [0.05, 0.1) is 16.6 Å². The van der Waals surface area contributed by atoms with E-state index in [0.717, 1.165) is 5.56 Å². The van der Waals surface area contributed by atoms with E-state index in [2.05, 4.69) is 15.3 Å². The summed E-state index contributed by atoms with van der Waals surface area (Å²) >= 11 is 0. The van der Waals surface area contributed by atoms with Crippen LogP contribution in [0, 0.1) is 13.8 Å². The second kappa shape index (κ2) is 6.35. The molecule has 0 radical (unpaired) electrons. The number of fused-ring (bicyclic) bond motifs is 1. The van der Waals surface area contributed by atoms with Gasteiger partial charge in [-0.1, -0.05) is 18.2 Å². The number of anilines is 1. The quantitative estimate of drug-likeness (QED) is 0.763. The first-order valence-corrected chi connectivity index (χ1v) is 7.93. The van der Waals surface area contributed by atoms with Gasteiger partial charge in [0.2, 0.25) is 0 Å². The number of carbonyl (C=O) groups is 1. The Labute approximate surface area is 143 Å². The van der Waals surface area contributed by atoms with Gasteiger partial charge < -0.3 is 5.32 Å². The minimum Gasteiger partial charge on any atom is -0.322 e. The third-order valence-corrected chi connectivity index (χ3v) is 4.11. The predicted octanol–water partition coefficient (Wildman–Crippen LogP) is 1.97. The zero-order chi connectivity index (χ0) is 18.1. The molecule has 2 heterocycles. The van der Waals surface area contributed by atoms with Crippen molar-refractivity contribution in [3.05, 3.63) is 68.0 Å². The van der Waals surface area contributed by atoms with Gasteiger partial charge in [0, 0.05) is 12.2 Å². The van der Waals surface area contributed by atoms with Gasteiger partial charge in [-0.25, -0.2) is 9.78 Å². The summed E-state index contributed by atoms with van der Waals surface area (Å²) in [6.45, 7) is 5.73. The minimum absolute atomic E-state index is 0.210. The zero-order valence-electron chi connectivity index (χ0n) is 14.2. The standard InChI is InChI=1S/C18H18N4O3/c1-4-22-15-13(17(24)21-18(22)25)9-12(11(3)19-15)16(23)20-14-8-6-5-7-10(14)2/h5-9H,4H2,1-3H3,(H,20,23)(H,21,24,25). The highest BCUT2D eigenvalue weighted by atomic mass is 16.2. The van der Waals surface area contributed by atoms with Crippen LogP contribution in [0.15, 0.2) is 39.9 Å². The highest BCUT2D eigenvalue weighted by Gasteiger charge is 2.16.